The second-order valence-electron chi connectivity index (χ2n) is 7.00. The number of hydrogen-bond donors (Lipinski definition) is 2. The van der Waals surface area contributed by atoms with Gasteiger partial charge in [0.2, 0.25) is 0 Å². The topological polar surface area (TPSA) is 53.6 Å². The normalized spacial score (nSPS) is 19.1. The summed E-state index contributed by atoms with van der Waals surface area (Å²) in [6.45, 7) is 1.74. The van der Waals surface area contributed by atoms with Gasteiger partial charge in [-0.2, -0.15) is 0 Å². The smallest absolute Gasteiger partial charge is 0.193 e. The molecule has 1 aromatic carbocycles. The van der Waals surface area contributed by atoms with Gasteiger partial charge in [-0.3, -0.25) is 4.99 Å². The Morgan fingerprint density at radius 3 is 2.78 bits per heavy atom. The Morgan fingerprint density at radius 1 is 1.17 bits per heavy atom. The number of aliphatic imine (C=N–C) groups is 1. The van der Waals surface area contributed by atoms with Crippen LogP contribution in [0.5, 0.6) is 0 Å². The first-order valence-corrected chi connectivity index (χ1v) is 9.11. The first-order valence-electron chi connectivity index (χ1n) is 9.11. The molecule has 2 aliphatic carbocycles. The molecule has 126 valence electrons. The number of anilines is 1. The Hall–Kier alpha value is -1.55. The van der Waals surface area contributed by atoms with Gasteiger partial charge in [-0.1, -0.05) is 25.3 Å². The van der Waals surface area contributed by atoms with Gasteiger partial charge in [0.15, 0.2) is 5.96 Å². The van der Waals surface area contributed by atoms with E-state index in [0.717, 1.165) is 24.8 Å². The van der Waals surface area contributed by atoms with Gasteiger partial charge in [-0.05, 0) is 62.4 Å². The third-order valence-corrected chi connectivity index (χ3v) is 5.30. The molecule has 23 heavy (non-hydrogen) atoms. The van der Waals surface area contributed by atoms with Gasteiger partial charge < -0.3 is 16.0 Å². The average Bonchev–Trinajstić information content (AvgIpc) is 3.03. The summed E-state index contributed by atoms with van der Waals surface area (Å²) in [5, 5.41) is 3.23. The maximum Gasteiger partial charge on any atom is 0.193 e. The zero-order valence-electron chi connectivity index (χ0n) is 14.4. The first kappa shape index (κ1) is 16.3. The van der Waals surface area contributed by atoms with Crippen molar-refractivity contribution >= 4 is 11.6 Å². The Morgan fingerprint density at radius 2 is 1.96 bits per heavy atom. The van der Waals surface area contributed by atoms with Crippen molar-refractivity contribution in [3.63, 3.8) is 0 Å². The lowest BCUT2D eigenvalue weighted by Crippen LogP contribution is -2.35. The second-order valence-corrected chi connectivity index (χ2v) is 7.00. The highest BCUT2D eigenvalue weighted by Crippen LogP contribution is 2.24. The van der Waals surface area contributed by atoms with Crippen LogP contribution in [0.4, 0.5) is 5.69 Å². The molecule has 3 N–H and O–H groups in total. The molecule has 0 unspecified atom stereocenters. The number of guanidine groups is 1. The Kier molecular flexibility index (Phi) is 5.55. The monoisotopic (exact) mass is 314 g/mol. The van der Waals surface area contributed by atoms with E-state index in [9.17, 15) is 0 Å². The summed E-state index contributed by atoms with van der Waals surface area (Å²) in [5.41, 5.74) is 10.0. The fourth-order valence-corrected chi connectivity index (χ4v) is 3.87. The van der Waals surface area contributed by atoms with Crippen molar-refractivity contribution in [1.82, 2.24) is 4.90 Å². The number of nitrogens with two attached hydrogens (primary N) is 1. The molecule has 0 bridgehead atoms. The molecule has 1 saturated carbocycles. The molecule has 4 nitrogen and oxygen atoms in total. The SMILES string of the molecule is CN(CCN=C(N)Nc1ccc2c(c1)CCC2)C1CCCCC1. The van der Waals surface area contributed by atoms with E-state index in [1.165, 1.54) is 62.5 Å². The van der Waals surface area contributed by atoms with Crippen LogP contribution < -0.4 is 11.1 Å². The van der Waals surface area contributed by atoms with E-state index in [4.69, 9.17) is 5.73 Å². The van der Waals surface area contributed by atoms with Crippen LogP contribution in [0, 0.1) is 0 Å². The lowest BCUT2D eigenvalue weighted by atomic mass is 9.94. The number of hydrogen-bond acceptors (Lipinski definition) is 2. The zero-order chi connectivity index (χ0) is 16.1. The second kappa shape index (κ2) is 7.82. The molecule has 0 saturated heterocycles. The fraction of sp³-hybridized carbons (Fsp3) is 0.632. The number of likely N-dealkylation sites (N-methyl/N-ethyl adjacent to an activating group) is 1. The third kappa shape index (κ3) is 4.47. The van der Waals surface area contributed by atoms with E-state index in [1.807, 2.05) is 0 Å². The molecule has 0 amide bonds. The Bertz CT molecular complexity index is 546. The van der Waals surface area contributed by atoms with Gasteiger partial charge >= 0.3 is 0 Å². The van der Waals surface area contributed by atoms with Crippen LogP contribution in [-0.2, 0) is 12.8 Å². The predicted molar refractivity (Wildman–Crippen MR) is 98.1 cm³/mol. The van der Waals surface area contributed by atoms with Gasteiger partial charge in [0.25, 0.3) is 0 Å². The van der Waals surface area contributed by atoms with Crippen molar-refractivity contribution < 1.29 is 0 Å². The molecule has 1 fully saturated rings. The fourth-order valence-electron chi connectivity index (χ4n) is 3.87. The third-order valence-electron chi connectivity index (χ3n) is 5.30. The van der Waals surface area contributed by atoms with E-state index >= 15 is 0 Å². The maximum atomic E-state index is 6.04. The van der Waals surface area contributed by atoms with Crippen molar-refractivity contribution in [3.8, 4) is 0 Å². The zero-order valence-corrected chi connectivity index (χ0v) is 14.4. The minimum absolute atomic E-state index is 0.528. The number of nitrogens with one attached hydrogen (secondary N) is 1. The largest absolute Gasteiger partial charge is 0.370 e. The summed E-state index contributed by atoms with van der Waals surface area (Å²) in [4.78, 5) is 6.94. The summed E-state index contributed by atoms with van der Waals surface area (Å²) >= 11 is 0. The van der Waals surface area contributed by atoms with Crippen LogP contribution in [0.15, 0.2) is 23.2 Å². The molecular weight excluding hydrogens is 284 g/mol. The van der Waals surface area contributed by atoms with Crippen LogP contribution in [0.1, 0.15) is 49.7 Å². The summed E-state index contributed by atoms with van der Waals surface area (Å²) in [7, 11) is 2.22. The van der Waals surface area contributed by atoms with Gasteiger partial charge in [-0.25, -0.2) is 0 Å². The Labute approximate surface area is 140 Å². The Balaban J connectivity index is 1.46. The minimum Gasteiger partial charge on any atom is -0.370 e. The molecule has 1 aromatic rings. The van der Waals surface area contributed by atoms with Crippen LogP contribution in [0.25, 0.3) is 0 Å². The molecule has 0 aromatic heterocycles. The first-order chi connectivity index (χ1) is 11.2. The molecule has 3 rings (SSSR count). The van der Waals surface area contributed by atoms with Gasteiger partial charge in [0, 0.05) is 18.3 Å². The van der Waals surface area contributed by atoms with E-state index in [0.29, 0.717) is 5.96 Å². The molecular formula is C19H30N4. The maximum absolute atomic E-state index is 6.04. The summed E-state index contributed by atoms with van der Waals surface area (Å²) in [6.07, 6.45) is 10.5. The van der Waals surface area contributed by atoms with E-state index < -0.39 is 0 Å². The van der Waals surface area contributed by atoms with Gasteiger partial charge in [0.05, 0.1) is 6.54 Å². The van der Waals surface area contributed by atoms with Crippen LogP contribution in [-0.4, -0.2) is 37.0 Å². The molecule has 4 heteroatoms. The highest BCUT2D eigenvalue weighted by atomic mass is 15.2. The highest BCUT2D eigenvalue weighted by Gasteiger charge is 2.17. The summed E-state index contributed by atoms with van der Waals surface area (Å²) < 4.78 is 0. The van der Waals surface area contributed by atoms with E-state index in [-0.39, 0.29) is 0 Å². The lowest BCUT2D eigenvalue weighted by molar-refractivity contribution is 0.196. The van der Waals surface area contributed by atoms with E-state index in [2.05, 4.69) is 40.5 Å². The van der Waals surface area contributed by atoms with Crippen LogP contribution in [0.2, 0.25) is 0 Å². The van der Waals surface area contributed by atoms with Crippen molar-refractivity contribution in [2.75, 3.05) is 25.5 Å². The summed E-state index contributed by atoms with van der Waals surface area (Å²) in [6, 6.07) is 7.29. The van der Waals surface area contributed by atoms with Crippen molar-refractivity contribution in [1.29, 1.82) is 0 Å². The van der Waals surface area contributed by atoms with Gasteiger partial charge in [0.1, 0.15) is 0 Å². The average molecular weight is 314 g/mol. The van der Waals surface area contributed by atoms with Crippen molar-refractivity contribution in [2.24, 2.45) is 10.7 Å². The van der Waals surface area contributed by atoms with Crippen molar-refractivity contribution in [2.45, 2.75) is 57.4 Å². The summed E-state index contributed by atoms with van der Waals surface area (Å²) in [5.74, 6) is 0.528. The molecule has 0 radical (unpaired) electrons. The minimum atomic E-state index is 0.528. The quantitative estimate of drug-likeness (QED) is 0.648. The van der Waals surface area contributed by atoms with E-state index in [1.54, 1.807) is 0 Å². The predicted octanol–water partition coefficient (Wildman–Crippen LogP) is 3.17. The van der Waals surface area contributed by atoms with Crippen molar-refractivity contribution in [3.05, 3.63) is 29.3 Å². The number of fused-ring (bicyclic) bond motifs is 1. The van der Waals surface area contributed by atoms with Crippen LogP contribution in [0.3, 0.4) is 0 Å². The highest BCUT2D eigenvalue weighted by molar-refractivity contribution is 5.92. The molecule has 0 heterocycles. The van der Waals surface area contributed by atoms with Gasteiger partial charge in [-0.15, -0.1) is 0 Å². The molecule has 2 aliphatic rings. The standard InChI is InChI=1S/C19H30N4/c1-23(18-8-3-2-4-9-18)13-12-21-19(20)22-17-11-10-15-6-5-7-16(15)14-17/h10-11,14,18H,2-9,12-13H2,1H3,(H3,20,21,22). The number of benzene rings is 1. The van der Waals surface area contributed by atoms with Crippen LogP contribution >= 0.6 is 0 Å². The number of rotatable bonds is 5. The molecule has 0 spiro atoms. The molecule has 0 aliphatic heterocycles. The number of aryl methyl sites for hydroxylation is 2. The lowest BCUT2D eigenvalue weighted by Gasteiger charge is -2.30. The molecule has 0 atom stereocenters. The number of nitrogens with zero attached hydrogens (tertiary/aromatic N) is 2.